The van der Waals surface area contributed by atoms with Crippen LogP contribution in [0.25, 0.3) is 0 Å². The average Bonchev–Trinajstić information content (AvgIpc) is 2.25. The maximum atomic E-state index is 12.9. The molecule has 1 aliphatic heterocycles. The van der Waals surface area contributed by atoms with Crippen LogP contribution in [0.2, 0.25) is 0 Å². The predicted molar refractivity (Wildman–Crippen MR) is 50.8 cm³/mol. The van der Waals surface area contributed by atoms with Crippen LogP contribution in [0.1, 0.15) is 12.8 Å². The van der Waals surface area contributed by atoms with E-state index in [4.69, 9.17) is 9.47 Å². The lowest BCUT2D eigenvalue weighted by molar-refractivity contribution is 0.0254. The van der Waals surface area contributed by atoms with Crippen molar-refractivity contribution >= 4 is 0 Å². The Morgan fingerprint density at radius 3 is 2.53 bits per heavy atom. The minimum absolute atomic E-state index is 0.0450. The molecule has 1 saturated heterocycles. The van der Waals surface area contributed by atoms with Gasteiger partial charge in [0.1, 0.15) is 11.9 Å². The quantitative estimate of drug-likeness (QED) is 0.753. The summed E-state index contributed by atoms with van der Waals surface area (Å²) in [6.45, 7) is 1.32. The summed E-state index contributed by atoms with van der Waals surface area (Å²) in [6.07, 6.45) is 1.63. The van der Waals surface area contributed by atoms with Crippen molar-refractivity contribution in [2.24, 2.45) is 0 Å². The van der Waals surface area contributed by atoms with Crippen LogP contribution in [0.15, 0.2) is 18.2 Å². The zero-order valence-corrected chi connectivity index (χ0v) is 8.21. The number of ether oxygens (including phenoxy) is 2. The molecule has 0 aliphatic carbocycles. The fourth-order valence-corrected chi connectivity index (χ4v) is 1.54. The van der Waals surface area contributed by atoms with Crippen molar-refractivity contribution in [1.82, 2.24) is 0 Å². The number of rotatable bonds is 2. The first kappa shape index (κ1) is 10.4. The van der Waals surface area contributed by atoms with Crippen LogP contribution in [0.5, 0.6) is 5.75 Å². The molecular formula is C11H12F2O2. The number of hydrogen-bond donors (Lipinski definition) is 0. The third-order valence-electron chi connectivity index (χ3n) is 2.36. The van der Waals surface area contributed by atoms with Crippen LogP contribution in [0.4, 0.5) is 8.78 Å². The summed E-state index contributed by atoms with van der Waals surface area (Å²) in [4.78, 5) is 0. The zero-order chi connectivity index (χ0) is 10.7. The fourth-order valence-electron chi connectivity index (χ4n) is 1.54. The van der Waals surface area contributed by atoms with Crippen LogP contribution in [0, 0.1) is 11.6 Å². The maximum Gasteiger partial charge on any atom is 0.162 e. The smallest absolute Gasteiger partial charge is 0.162 e. The molecule has 0 N–H and O–H groups in total. The average molecular weight is 214 g/mol. The van der Waals surface area contributed by atoms with E-state index in [9.17, 15) is 8.78 Å². The Hall–Kier alpha value is -1.16. The van der Waals surface area contributed by atoms with Crippen molar-refractivity contribution in [1.29, 1.82) is 0 Å². The molecule has 1 aliphatic rings. The molecule has 0 saturated carbocycles. The van der Waals surface area contributed by atoms with Crippen LogP contribution < -0.4 is 4.74 Å². The van der Waals surface area contributed by atoms with E-state index in [-0.39, 0.29) is 6.10 Å². The molecule has 0 spiro atoms. The van der Waals surface area contributed by atoms with E-state index < -0.39 is 11.6 Å². The van der Waals surface area contributed by atoms with Gasteiger partial charge in [-0.2, -0.15) is 0 Å². The van der Waals surface area contributed by atoms with E-state index in [1.54, 1.807) is 0 Å². The molecule has 0 aromatic heterocycles. The van der Waals surface area contributed by atoms with E-state index in [0.29, 0.717) is 19.0 Å². The highest BCUT2D eigenvalue weighted by Gasteiger charge is 2.15. The van der Waals surface area contributed by atoms with Gasteiger partial charge in [0, 0.05) is 18.9 Å². The minimum atomic E-state index is -0.875. The van der Waals surface area contributed by atoms with Gasteiger partial charge in [-0.1, -0.05) is 0 Å². The van der Waals surface area contributed by atoms with Crippen LogP contribution >= 0.6 is 0 Å². The van der Waals surface area contributed by atoms with Crippen LogP contribution in [-0.2, 0) is 4.74 Å². The number of hydrogen-bond acceptors (Lipinski definition) is 2. The summed E-state index contributed by atoms with van der Waals surface area (Å²) in [5.41, 5.74) is 0. The van der Waals surface area contributed by atoms with Crippen molar-refractivity contribution in [2.45, 2.75) is 18.9 Å². The summed E-state index contributed by atoms with van der Waals surface area (Å²) >= 11 is 0. The van der Waals surface area contributed by atoms with E-state index >= 15 is 0 Å². The molecule has 1 aromatic rings. The molecule has 0 radical (unpaired) electrons. The summed E-state index contributed by atoms with van der Waals surface area (Å²) in [5, 5.41) is 0. The first-order valence-electron chi connectivity index (χ1n) is 4.95. The van der Waals surface area contributed by atoms with Gasteiger partial charge in [0.25, 0.3) is 0 Å². The molecule has 1 fully saturated rings. The normalized spacial score (nSPS) is 17.7. The second-order valence-corrected chi connectivity index (χ2v) is 3.51. The van der Waals surface area contributed by atoms with Gasteiger partial charge in [-0.15, -0.1) is 0 Å². The SMILES string of the molecule is Fc1ccc(OC2CCOCC2)cc1F. The fraction of sp³-hybridized carbons (Fsp3) is 0.455. The summed E-state index contributed by atoms with van der Waals surface area (Å²) in [6, 6.07) is 3.59. The van der Waals surface area contributed by atoms with Gasteiger partial charge in [-0.25, -0.2) is 8.78 Å². The lowest BCUT2D eigenvalue weighted by atomic mass is 10.1. The Labute approximate surface area is 86.8 Å². The van der Waals surface area contributed by atoms with Gasteiger partial charge in [0.05, 0.1) is 13.2 Å². The summed E-state index contributed by atoms with van der Waals surface area (Å²) < 4.78 is 36.2. The Kier molecular flexibility index (Phi) is 3.16. The van der Waals surface area contributed by atoms with Crippen molar-refractivity contribution < 1.29 is 18.3 Å². The second kappa shape index (κ2) is 4.57. The molecule has 1 heterocycles. The first-order chi connectivity index (χ1) is 7.25. The third kappa shape index (κ3) is 2.65. The van der Waals surface area contributed by atoms with Gasteiger partial charge < -0.3 is 9.47 Å². The van der Waals surface area contributed by atoms with E-state index in [1.165, 1.54) is 6.07 Å². The second-order valence-electron chi connectivity index (χ2n) is 3.51. The molecule has 82 valence electrons. The zero-order valence-electron chi connectivity index (χ0n) is 8.21. The summed E-state index contributed by atoms with van der Waals surface area (Å²) in [5.74, 6) is -1.35. The lowest BCUT2D eigenvalue weighted by Crippen LogP contribution is -2.25. The van der Waals surface area contributed by atoms with Crippen LogP contribution in [0.3, 0.4) is 0 Å². The van der Waals surface area contributed by atoms with Crippen molar-refractivity contribution in [2.75, 3.05) is 13.2 Å². The van der Waals surface area contributed by atoms with Crippen molar-refractivity contribution in [3.63, 3.8) is 0 Å². The van der Waals surface area contributed by atoms with E-state index in [0.717, 1.165) is 25.0 Å². The highest BCUT2D eigenvalue weighted by Crippen LogP contribution is 2.20. The molecule has 0 atom stereocenters. The van der Waals surface area contributed by atoms with E-state index in [2.05, 4.69) is 0 Å². The molecule has 0 bridgehead atoms. The van der Waals surface area contributed by atoms with E-state index in [1.807, 2.05) is 0 Å². The molecular weight excluding hydrogens is 202 g/mol. The molecule has 1 aromatic carbocycles. The highest BCUT2D eigenvalue weighted by molar-refractivity contribution is 5.23. The van der Waals surface area contributed by atoms with Gasteiger partial charge >= 0.3 is 0 Å². The molecule has 2 nitrogen and oxygen atoms in total. The van der Waals surface area contributed by atoms with Gasteiger partial charge in [0.15, 0.2) is 11.6 Å². The molecule has 15 heavy (non-hydrogen) atoms. The largest absolute Gasteiger partial charge is 0.490 e. The molecule has 0 unspecified atom stereocenters. The minimum Gasteiger partial charge on any atom is -0.490 e. The lowest BCUT2D eigenvalue weighted by Gasteiger charge is -2.23. The Balaban J connectivity index is 2.00. The highest BCUT2D eigenvalue weighted by atomic mass is 19.2. The van der Waals surface area contributed by atoms with Crippen molar-refractivity contribution in [3.8, 4) is 5.75 Å². The molecule has 0 amide bonds. The molecule has 4 heteroatoms. The predicted octanol–water partition coefficient (Wildman–Crippen LogP) is 2.52. The number of benzene rings is 1. The topological polar surface area (TPSA) is 18.5 Å². The number of halogens is 2. The van der Waals surface area contributed by atoms with Crippen molar-refractivity contribution in [3.05, 3.63) is 29.8 Å². The molecule has 2 rings (SSSR count). The van der Waals surface area contributed by atoms with Gasteiger partial charge in [0.2, 0.25) is 0 Å². The standard InChI is InChI=1S/C11H12F2O2/c12-10-2-1-9(7-11(10)13)15-8-3-5-14-6-4-8/h1-2,7-8H,3-6H2. The first-order valence-corrected chi connectivity index (χ1v) is 4.95. The van der Waals surface area contributed by atoms with Gasteiger partial charge in [-0.05, 0) is 12.1 Å². The maximum absolute atomic E-state index is 12.9. The van der Waals surface area contributed by atoms with Crippen LogP contribution in [-0.4, -0.2) is 19.3 Å². The summed E-state index contributed by atoms with van der Waals surface area (Å²) in [7, 11) is 0. The third-order valence-corrected chi connectivity index (χ3v) is 2.36. The Morgan fingerprint density at radius 1 is 1.13 bits per heavy atom. The Morgan fingerprint density at radius 2 is 1.87 bits per heavy atom. The monoisotopic (exact) mass is 214 g/mol. The van der Waals surface area contributed by atoms with Gasteiger partial charge in [-0.3, -0.25) is 0 Å². The Bertz CT molecular complexity index is 335.